The van der Waals surface area contributed by atoms with Crippen LogP contribution in [0.3, 0.4) is 0 Å². The van der Waals surface area contributed by atoms with Crippen LogP contribution in [0.15, 0.2) is 30.5 Å². The zero-order valence-electron chi connectivity index (χ0n) is 8.60. The van der Waals surface area contributed by atoms with Crippen LogP contribution in [-0.4, -0.2) is 21.7 Å². The predicted octanol–water partition coefficient (Wildman–Crippen LogP) is 2.12. The van der Waals surface area contributed by atoms with Crippen molar-refractivity contribution in [1.29, 1.82) is 0 Å². The molecule has 82 valence electrons. The van der Waals surface area contributed by atoms with Crippen LogP contribution < -0.4 is 10.6 Å². The lowest BCUT2D eigenvalue weighted by atomic mass is 10.2. The number of nitrogens with zero attached hydrogens (tertiary/aromatic N) is 2. The van der Waals surface area contributed by atoms with E-state index in [4.69, 9.17) is 12.2 Å². The standard InChI is InChI=1S/C10H10N4S2/c1-11-10(15)13-8-4-2-7(3-5-8)9-6-12-14-16-9/h2-6H,1H3,(H2,11,13,15). The van der Waals surface area contributed by atoms with Gasteiger partial charge in [-0.3, -0.25) is 0 Å². The fraction of sp³-hybridized carbons (Fsp3) is 0.100. The van der Waals surface area contributed by atoms with Crippen molar-refractivity contribution < 1.29 is 0 Å². The number of benzene rings is 1. The summed E-state index contributed by atoms with van der Waals surface area (Å²) in [6, 6.07) is 7.96. The van der Waals surface area contributed by atoms with Crippen LogP contribution in [-0.2, 0) is 0 Å². The zero-order valence-corrected chi connectivity index (χ0v) is 10.2. The molecule has 1 aromatic heterocycles. The summed E-state index contributed by atoms with van der Waals surface area (Å²) in [6.07, 6.45) is 1.76. The number of hydrogen-bond acceptors (Lipinski definition) is 4. The molecule has 2 rings (SSSR count). The second-order valence-corrected chi connectivity index (χ2v) is 4.26. The van der Waals surface area contributed by atoms with Crippen molar-refractivity contribution in [2.24, 2.45) is 0 Å². The average molecular weight is 250 g/mol. The fourth-order valence-corrected chi connectivity index (χ4v) is 1.84. The highest BCUT2D eigenvalue weighted by atomic mass is 32.1. The lowest BCUT2D eigenvalue weighted by molar-refractivity contribution is 1.16. The number of hydrogen-bond donors (Lipinski definition) is 2. The Balaban J connectivity index is 2.14. The van der Waals surface area contributed by atoms with E-state index in [0.717, 1.165) is 16.1 Å². The van der Waals surface area contributed by atoms with E-state index < -0.39 is 0 Å². The van der Waals surface area contributed by atoms with Crippen molar-refractivity contribution in [2.45, 2.75) is 0 Å². The molecule has 0 aliphatic carbocycles. The minimum atomic E-state index is 0.604. The van der Waals surface area contributed by atoms with E-state index in [9.17, 15) is 0 Å². The summed E-state index contributed by atoms with van der Waals surface area (Å²) in [7, 11) is 1.78. The van der Waals surface area contributed by atoms with E-state index in [1.54, 1.807) is 13.2 Å². The second-order valence-electron chi connectivity index (χ2n) is 3.06. The van der Waals surface area contributed by atoms with Crippen molar-refractivity contribution in [3.63, 3.8) is 0 Å². The summed E-state index contributed by atoms with van der Waals surface area (Å²) >= 11 is 6.39. The molecule has 0 unspecified atom stereocenters. The minimum Gasteiger partial charge on any atom is -0.366 e. The number of rotatable bonds is 2. The molecule has 4 nitrogen and oxygen atoms in total. The van der Waals surface area contributed by atoms with Crippen LogP contribution in [0.5, 0.6) is 0 Å². The highest BCUT2D eigenvalue weighted by molar-refractivity contribution is 7.80. The lowest BCUT2D eigenvalue weighted by Gasteiger charge is -2.06. The second kappa shape index (κ2) is 5.00. The molecule has 0 aliphatic heterocycles. The number of aromatic nitrogens is 2. The summed E-state index contributed by atoms with van der Waals surface area (Å²) < 4.78 is 3.83. The Morgan fingerprint density at radius 1 is 1.31 bits per heavy atom. The number of anilines is 1. The largest absolute Gasteiger partial charge is 0.366 e. The maximum absolute atomic E-state index is 5.01. The molecule has 0 spiro atoms. The molecular weight excluding hydrogens is 240 g/mol. The first-order valence-corrected chi connectivity index (χ1v) is 5.84. The first-order valence-electron chi connectivity index (χ1n) is 4.66. The van der Waals surface area contributed by atoms with Crippen molar-refractivity contribution >= 4 is 34.6 Å². The first kappa shape index (κ1) is 11.0. The van der Waals surface area contributed by atoms with Crippen LogP contribution >= 0.6 is 23.8 Å². The molecule has 0 bridgehead atoms. The summed E-state index contributed by atoms with van der Waals surface area (Å²) in [5.41, 5.74) is 2.07. The Morgan fingerprint density at radius 2 is 2.06 bits per heavy atom. The molecule has 0 saturated heterocycles. The van der Waals surface area contributed by atoms with Crippen molar-refractivity contribution in [3.8, 4) is 10.4 Å². The average Bonchev–Trinajstić information content (AvgIpc) is 2.83. The van der Waals surface area contributed by atoms with Gasteiger partial charge in [0.15, 0.2) is 5.11 Å². The van der Waals surface area contributed by atoms with Gasteiger partial charge in [0.1, 0.15) is 0 Å². The van der Waals surface area contributed by atoms with Crippen molar-refractivity contribution in [1.82, 2.24) is 14.9 Å². The quantitative estimate of drug-likeness (QED) is 0.800. The molecule has 16 heavy (non-hydrogen) atoms. The van der Waals surface area contributed by atoms with Crippen molar-refractivity contribution in [3.05, 3.63) is 30.5 Å². The molecule has 0 saturated carbocycles. The molecular formula is C10H10N4S2. The molecule has 2 N–H and O–H groups in total. The predicted molar refractivity (Wildman–Crippen MR) is 70.6 cm³/mol. The SMILES string of the molecule is CNC(=S)Nc1ccc(-c2cnns2)cc1. The Kier molecular flexibility index (Phi) is 3.43. The molecule has 2 aromatic rings. The maximum Gasteiger partial charge on any atom is 0.170 e. The Hall–Kier alpha value is -1.53. The Labute approximate surface area is 103 Å². The third-order valence-corrected chi connectivity index (χ3v) is 3.04. The van der Waals surface area contributed by atoms with E-state index in [0.29, 0.717) is 5.11 Å². The van der Waals surface area contributed by atoms with Gasteiger partial charge < -0.3 is 10.6 Å². The van der Waals surface area contributed by atoms with Gasteiger partial charge in [-0.05, 0) is 41.4 Å². The molecule has 0 aliphatic rings. The molecule has 0 fully saturated rings. The van der Waals surface area contributed by atoms with Crippen LogP contribution in [0.2, 0.25) is 0 Å². The third-order valence-electron chi connectivity index (χ3n) is 2.02. The molecule has 6 heteroatoms. The van der Waals surface area contributed by atoms with Gasteiger partial charge in [-0.15, -0.1) is 5.10 Å². The summed E-state index contributed by atoms with van der Waals surface area (Å²) in [6.45, 7) is 0. The molecule has 0 radical (unpaired) electrons. The van der Waals surface area contributed by atoms with Gasteiger partial charge in [0, 0.05) is 12.7 Å². The first-order chi connectivity index (χ1) is 7.79. The van der Waals surface area contributed by atoms with E-state index >= 15 is 0 Å². The van der Waals surface area contributed by atoms with E-state index in [2.05, 4.69) is 20.2 Å². The number of thiocarbonyl (C=S) groups is 1. The summed E-state index contributed by atoms with van der Waals surface area (Å²) in [4.78, 5) is 1.06. The third kappa shape index (κ3) is 2.53. The van der Waals surface area contributed by atoms with E-state index in [1.165, 1.54) is 11.5 Å². The molecule has 1 heterocycles. The van der Waals surface area contributed by atoms with E-state index in [1.807, 2.05) is 24.3 Å². The van der Waals surface area contributed by atoms with Gasteiger partial charge in [-0.25, -0.2) is 0 Å². The van der Waals surface area contributed by atoms with Gasteiger partial charge >= 0.3 is 0 Å². The van der Waals surface area contributed by atoms with Crippen LogP contribution in [0, 0.1) is 0 Å². The topological polar surface area (TPSA) is 49.8 Å². The Bertz CT molecular complexity index is 464. The molecule has 0 amide bonds. The summed E-state index contributed by atoms with van der Waals surface area (Å²) in [5, 5.41) is 10.3. The van der Waals surface area contributed by atoms with Gasteiger partial charge in [0.05, 0.1) is 11.1 Å². The zero-order chi connectivity index (χ0) is 11.4. The monoisotopic (exact) mass is 250 g/mol. The highest BCUT2D eigenvalue weighted by Crippen LogP contribution is 2.23. The van der Waals surface area contributed by atoms with E-state index in [-0.39, 0.29) is 0 Å². The van der Waals surface area contributed by atoms with Crippen LogP contribution in [0.1, 0.15) is 0 Å². The minimum absolute atomic E-state index is 0.604. The van der Waals surface area contributed by atoms with Crippen LogP contribution in [0.25, 0.3) is 10.4 Å². The lowest BCUT2D eigenvalue weighted by Crippen LogP contribution is -2.23. The smallest absolute Gasteiger partial charge is 0.170 e. The Morgan fingerprint density at radius 3 is 2.62 bits per heavy atom. The highest BCUT2D eigenvalue weighted by Gasteiger charge is 2.00. The van der Waals surface area contributed by atoms with Gasteiger partial charge in [-0.2, -0.15) is 0 Å². The van der Waals surface area contributed by atoms with Gasteiger partial charge in [0.2, 0.25) is 0 Å². The normalized spacial score (nSPS) is 9.81. The summed E-state index contributed by atoms with van der Waals surface area (Å²) in [5.74, 6) is 0. The number of nitrogens with one attached hydrogen (secondary N) is 2. The molecule has 1 aromatic carbocycles. The maximum atomic E-state index is 5.01. The van der Waals surface area contributed by atoms with Gasteiger partial charge in [0.25, 0.3) is 0 Å². The van der Waals surface area contributed by atoms with Crippen molar-refractivity contribution in [2.75, 3.05) is 12.4 Å². The molecule has 0 atom stereocenters. The van der Waals surface area contributed by atoms with Gasteiger partial charge in [-0.1, -0.05) is 16.6 Å². The fourth-order valence-electron chi connectivity index (χ4n) is 1.21. The van der Waals surface area contributed by atoms with Crippen LogP contribution in [0.4, 0.5) is 5.69 Å².